The van der Waals surface area contributed by atoms with Crippen LogP contribution in [-0.4, -0.2) is 22.4 Å². The van der Waals surface area contributed by atoms with Crippen LogP contribution >= 0.6 is 0 Å². The molecule has 1 aromatic heterocycles. The van der Waals surface area contributed by atoms with Gasteiger partial charge < -0.3 is 18.6 Å². The van der Waals surface area contributed by atoms with Gasteiger partial charge in [-0.1, -0.05) is 6.07 Å². The maximum absolute atomic E-state index is 12.6. The number of aromatic nitrogens is 2. The maximum Gasteiger partial charge on any atom is 0.322 e. The van der Waals surface area contributed by atoms with Crippen LogP contribution in [0.2, 0.25) is 0 Å². The summed E-state index contributed by atoms with van der Waals surface area (Å²) in [5, 5.41) is 7.12. The molecule has 0 unspecified atom stereocenters. The van der Waals surface area contributed by atoms with Crippen LogP contribution < -0.4 is 10.1 Å². The third kappa shape index (κ3) is 2.92. The number of carbonyl (C=O) groups excluding carboxylic acids is 1. The number of urea groups is 1. The van der Waals surface area contributed by atoms with Crippen molar-refractivity contribution in [3.63, 3.8) is 0 Å². The van der Waals surface area contributed by atoms with Gasteiger partial charge in [-0.05, 0) is 65.7 Å². The topological polar surface area (TPSA) is 85.6 Å². The molecule has 27 heavy (non-hydrogen) atoms. The van der Waals surface area contributed by atoms with Crippen molar-refractivity contribution in [2.75, 3.05) is 11.9 Å². The molecule has 1 aromatic carbocycles. The summed E-state index contributed by atoms with van der Waals surface area (Å²) in [4.78, 5) is 12.9. The van der Waals surface area contributed by atoms with Crippen molar-refractivity contribution >= 4 is 22.3 Å². The summed E-state index contributed by atoms with van der Waals surface area (Å²) in [6, 6.07) is 1.74. The van der Waals surface area contributed by atoms with Crippen LogP contribution in [0.5, 0.6) is 5.88 Å². The van der Waals surface area contributed by atoms with Gasteiger partial charge in [0, 0.05) is 24.8 Å². The van der Waals surface area contributed by atoms with Crippen molar-refractivity contribution in [1.29, 1.82) is 0 Å². The molecule has 0 saturated carbocycles. The van der Waals surface area contributed by atoms with Crippen molar-refractivity contribution in [1.82, 2.24) is 9.78 Å². The molecule has 8 heteroatoms. The molecule has 0 fully saturated rings. The highest BCUT2D eigenvalue weighted by molar-refractivity contribution is 7.75. The number of hydrogen-bond acceptors (Lipinski definition) is 5. The summed E-state index contributed by atoms with van der Waals surface area (Å²) in [6.45, 7) is 1.28. The number of benzene rings is 1. The number of nitrogens with one attached hydrogen (secondary N) is 1. The Balaban J connectivity index is 1.44. The first-order chi connectivity index (χ1) is 13.2. The molecular weight excluding hydrogens is 364 g/mol. The van der Waals surface area contributed by atoms with Crippen molar-refractivity contribution in [2.24, 2.45) is 4.36 Å². The minimum atomic E-state index is -1.84. The molecule has 142 valence electrons. The Morgan fingerprint density at radius 1 is 1.15 bits per heavy atom. The molecule has 2 amide bonds. The number of fused-ring (bicyclic) bond motifs is 3. The highest BCUT2D eigenvalue weighted by atomic mass is 32.2. The smallest absolute Gasteiger partial charge is 0.322 e. The number of amides is 2. The van der Waals surface area contributed by atoms with E-state index >= 15 is 0 Å². The van der Waals surface area contributed by atoms with Gasteiger partial charge in [-0.25, -0.2) is 9.48 Å². The standard InChI is InChI=1S/C19H21N4O3S/c24-19(22-27(25)16-11-20-23-8-3-9-26-18(16)23)21-17-14-6-1-4-12(14)10-13-5-2-7-15(13)17/h10-11H,1-9H2,(H,21,24)/q-1. The molecule has 2 aliphatic carbocycles. The van der Waals surface area contributed by atoms with E-state index in [-0.39, 0.29) is 0 Å². The van der Waals surface area contributed by atoms with Gasteiger partial charge in [-0.2, -0.15) is 5.10 Å². The zero-order chi connectivity index (χ0) is 18.4. The van der Waals surface area contributed by atoms with Gasteiger partial charge in [-0.3, -0.25) is 0 Å². The van der Waals surface area contributed by atoms with Crippen LogP contribution in [0, 0.1) is 0 Å². The fourth-order valence-corrected chi connectivity index (χ4v) is 5.13. The van der Waals surface area contributed by atoms with Gasteiger partial charge in [-0.15, -0.1) is 10.6 Å². The molecule has 0 spiro atoms. The predicted molar refractivity (Wildman–Crippen MR) is 101 cm³/mol. The summed E-state index contributed by atoms with van der Waals surface area (Å²) in [5.41, 5.74) is 6.06. The van der Waals surface area contributed by atoms with Crippen LogP contribution in [0.15, 0.2) is 21.5 Å². The van der Waals surface area contributed by atoms with E-state index in [1.165, 1.54) is 28.5 Å². The largest absolute Gasteiger partial charge is 0.479 e. The van der Waals surface area contributed by atoms with Gasteiger partial charge >= 0.3 is 6.03 Å². The first kappa shape index (κ1) is 16.8. The SMILES string of the molecule is O=C(N=[S-](=O)c1cnn2c1OCCC2)Nc1c2c(cc3c1CCC3)CCC2. The average molecular weight is 385 g/mol. The van der Waals surface area contributed by atoms with E-state index in [9.17, 15) is 9.00 Å². The van der Waals surface area contributed by atoms with E-state index < -0.39 is 16.6 Å². The fourth-order valence-electron chi connectivity index (χ4n) is 4.39. The van der Waals surface area contributed by atoms with Crippen molar-refractivity contribution in [3.05, 3.63) is 34.5 Å². The van der Waals surface area contributed by atoms with E-state index in [0.29, 0.717) is 17.4 Å². The molecule has 1 aliphatic heterocycles. The van der Waals surface area contributed by atoms with E-state index in [2.05, 4.69) is 20.8 Å². The Labute approximate surface area is 159 Å². The second-order valence-corrected chi connectivity index (χ2v) is 8.36. The molecule has 0 saturated heterocycles. The van der Waals surface area contributed by atoms with E-state index in [1.807, 2.05) is 0 Å². The lowest BCUT2D eigenvalue weighted by Crippen LogP contribution is -2.15. The molecular formula is C19H21N4O3S-. The van der Waals surface area contributed by atoms with Gasteiger partial charge in [0.1, 0.15) is 0 Å². The number of aryl methyl sites for hydroxylation is 3. The average Bonchev–Trinajstić information content (AvgIpc) is 3.40. The number of rotatable bonds is 2. The maximum atomic E-state index is 12.6. The minimum Gasteiger partial charge on any atom is -0.479 e. The van der Waals surface area contributed by atoms with Gasteiger partial charge in [0.2, 0.25) is 0 Å². The quantitative estimate of drug-likeness (QED) is 0.803. The molecule has 0 radical (unpaired) electrons. The number of hydrogen-bond donors (Lipinski definition) is 1. The van der Waals surface area contributed by atoms with Crippen LogP contribution in [0.25, 0.3) is 0 Å². The normalized spacial score (nSPS) is 18.5. The Hall–Kier alpha value is -2.35. The number of carbonyl (C=O) groups is 1. The Bertz CT molecular complexity index is 988. The monoisotopic (exact) mass is 385 g/mol. The minimum absolute atomic E-state index is 0.355. The van der Waals surface area contributed by atoms with Crippen LogP contribution in [0.1, 0.15) is 41.5 Å². The third-order valence-electron chi connectivity index (χ3n) is 5.57. The molecule has 5 rings (SSSR count). The molecule has 3 aliphatic rings. The predicted octanol–water partition coefficient (Wildman–Crippen LogP) is 3.38. The summed E-state index contributed by atoms with van der Waals surface area (Å²) in [7, 11) is -1.84. The second-order valence-electron chi connectivity index (χ2n) is 7.24. The van der Waals surface area contributed by atoms with Crippen molar-refractivity contribution in [3.8, 4) is 5.88 Å². The van der Waals surface area contributed by atoms with Crippen LogP contribution in [0.4, 0.5) is 10.5 Å². The second kappa shape index (κ2) is 6.67. The molecule has 2 heterocycles. The highest BCUT2D eigenvalue weighted by Crippen LogP contribution is 2.38. The Morgan fingerprint density at radius 3 is 2.63 bits per heavy atom. The third-order valence-corrected chi connectivity index (χ3v) is 6.56. The summed E-state index contributed by atoms with van der Waals surface area (Å²) in [6.07, 6.45) is 8.66. The van der Waals surface area contributed by atoms with Crippen LogP contribution in [0.3, 0.4) is 0 Å². The van der Waals surface area contributed by atoms with E-state index in [0.717, 1.165) is 57.2 Å². The number of ether oxygens (including phenoxy) is 1. The zero-order valence-electron chi connectivity index (χ0n) is 15.0. The van der Waals surface area contributed by atoms with Gasteiger partial charge in [0.15, 0.2) is 5.88 Å². The summed E-state index contributed by atoms with van der Waals surface area (Å²) >= 11 is 0. The Kier molecular flexibility index (Phi) is 4.15. The first-order valence-electron chi connectivity index (χ1n) is 9.50. The molecule has 2 aromatic rings. The molecule has 0 atom stereocenters. The van der Waals surface area contributed by atoms with Gasteiger partial charge in [0.05, 0.1) is 6.61 Å². The lowest BCUT2D eigenvalue weighted by Gasteiger charge is -2.18. The van der Waals surface area contributed by atoms with Crippen molar-refractivity contribution in [2.45, 2.75) is 56.4 Å². The lowest BCUT2D eigenvalue weighted by molar-refractivity contribution is 0.225. The summed E-state index contributed by atoms with van der Waals surface area (Å²) < 4.78 is 23.7. The van der Waals surface area contributed by atoms with E-state index in [1.54, 1.807) is 4.68 Å². The summed E-state index contributed by atoms with van der Waals surface area (Å²) in [5.74, 6) is 0.456. The zero-order valence-corrected chi connectivity index (χ0v) is 15.8. The number of anilines is 1. The van der Waals surface area contributed by atoms with Crippen molar-refractivity contribution < 1.29 is 13.7 Å². The number of nitrogens with zero attached hydrogens (tertiary/aromatic N) is 3. The van der Waals surface area contributed by atoms with Crippen LogP contribution in [-0.2, 0) is 47.0 Å². The lowest BCUT2D eigenvalue weighted by atomic mass is 9.99. The van der Waals surface area contributed by atoms with Gasteiger partial charge in [0.25, 0.3) is 0 Å². The first-order valence-corrected chi connectivity index (χ1v) is 10.6. The van der Waals surface area contributed by atoms with E-state index in [4.69, 9.17) is 4.74 Å². The fraction of sp³-hybridized carbons (Fsp3) is 0.474. The molecule has 0 bridgehead atoms. The Morgan fingerprint density at radius 2 is 1.89 bits per heavy atom. The highest BCUT2D eigenvalue weighted by Gasteiger charge is 2.24. The molecule has 7 nitrogen and oxygen atoms in total. The molecule has 1 N–H and O–H groups in total.